The summed E-state index contributed by atoms with van der Waals surface area (Å²) in [6.07, 6.45) is 1.96. The van der Waals surface area contributed by atoms with Crippen molar-refractivity contribution in [1.29, 1.82) is 0 Å². The number of hydrogen-bond acceptors (Lipinski definition) is 5. The molecular formula is C22H23ClN2O5S. The number of furan rings is 1. The number of rotatable bonds is 10. The van der Waals surface area contributed by atoms with Gasteiger partial charge in [0.25, 0.3) is 0 Å². The van der Waals surface area contributed by atoms with Crippen LogP contribution in [0.4, 0.5) is 0 Å². The molecule has 9 heteroatoms. The molecule has 1 heterocycles. The maximum absolute atomic E-state index is 13.3. The van der Waals surface area contributed by atoms with E-state index >= 15 is 0 Å². The molecule has 0 aliphatic carbocycles. The zero-order valence-corrected chi connectivity index (χ0v) is 18.5. The zero-order valence-electron chi connectivity index (χ0n) is 17.0. The van der Waals surface area contributed by atoms with Crippen LogP contribution in [0.3, 0.4) is 0 Å². The number of halogens is 1. The van der Waals surface area contributed by atoms with Gasteiger partial charge < -0.3 is 14.5 Å². The summed E-state index contributed by atoms with van der Waals surface area (Å²) < 4.78 is 38.0. The maximum atomic E-state index is 13.3. The van der Waals surface area contributed by atoms with Crippen LogP contribution in [0.15, 0.2) is 76.2 Å². The van der Waals surface area contributed by atoms with Crippen molar-refractivity contribution in [3.05, 3.63) is 83.3 Å². The smallest absolute Gasteiger partial charge is 0.243 e. The molecule has 0 saturated heterocycles. The van der Waals surface area contributed by atoms with E-state index in [0.29, 0.717) is 17.9 Å². The molecular weight excluding hydrogens is 440 g/mol. The number of methoxy groups -OCH3 is 1. The first-order valence-corrected chi connectivity index (χ1v) is 11.4. The molecule has 1 aromatic heterocycles. The van der Waals surface area contributed by atoms with Crippen molar-refractivity contribution in [3.63, 3.8) is 0 Å². The predicted molar refractivity (Wildman–Crippen MR) is 117 cm³/mol. The first-order chi connectivity index (χ1) is 14.9. The highest BCUT2D eigenvalue weighted by Gasteiger charge is 2.27. The first kappa shape index (κ1) is 22.9. The lowest BCUT2D eigenvalue weighted by Gasteiger charge is -2.22. The van der Waals surface area contributed by atoms with E-state index in [1.807, 2.05) is 30.3 Å². The van der Waals surface area contributed by atoms with Crippen molar-refractivity contribution in [2.75, 3.05) is 20.2 Å². The van der Waals surface area contributed by atoms with E-state index in [0.717, 1.165) is 9.87 Å². The van der Waals surface area contributed by atoms with E-state index in [1.165, 1.54) is 31.6 Å². The third-order valence-electron chi connectivity index (χ3n) is 4.61. The van der Waals surface area contributed by atoms with Gasteiger partial charge in [0.1, 0.15) is 11.5 Å². The summed E-state index contributed by atoms with van der Waals surface area (Å²) in [6.45, 7) is -0.0313. The quantitative estimate of drug-likeness (QED) is 0.498. The van der Waals surface area contributed by atoms with Gasteiger partial charge in [-0.15, -0.1) is 0 Å². The molecule has 2 aromatic carbocycles. The largest absolute Gasteiger partial charge is 0.495 e. The van der Waals surface area contributed by atoms with Crippen LogP contribution in [0.5, 0.6) is 5.75 Å². The summed E-state index contributed by atoms with van der Waals surface area (Å²) in [6, 6.07) is 17.1. The van der Waals surface area contributed by atoms with Gasteiger partial charge in [0.15, 0.2) is 0 Å². The van der Waals surface area contributed by atoms with Crippen LogP contribution < -0.4 is 10.1 Å². The van der Waals surface area contributed by atoms with Gasteiger partial charge in [-0.3, -0.25) is 4.79 Å². The summed E-state index contributed by atoms with van der Waals surface area (Å²) >= 11 is 6.13. The van der Waals surface area contributed by atoms with Crippen LogP contribution in [-0.2, 0) is 27.8 Å². The number of carbonyl (C=O) groups excluding carboxylic acids is 1. The van der Waals surface area contributed by atoms with Crippen LogP contribution in [-0.4, -0.2) is 38.8 Å². The minimum Gasteiger partial charge on any atom is -0.495 e. The Labute approximate surface area is 186 Å². The van der Waals surface area contributed by atoms with Gasteiger partial charge in [-0.2, -0.15) is 4.31 Å². The summed E-state index contributed by atoms with van der Waals surface area (Å²) in [5.41, 5.74) is 0.964. The first-order valence-electron chi connectivity index (χ1n) is 9.57. The molecule has 3 aromatic rings. The molecule has 0 fully saturated rings. The lowest BCUT2D eigenvalue weighted by molar-refractivity contribution is -0.121. The van der Waals surface area contributed by atoms with E-state index in [9.17, 15) is 13.2 Å². The molecule has 7 nitrogen and oxygen atoms in total. The highest BCUT2D eigenvalue weighted by Crippen LogP contribution is 2.28. The predicted octanol–water partition coefficient (Wildman–Crippen LogP) is 3.49. The summed E-state index contributed by atoms with van der Waals surface area (Å²) in [5, 5.41) is 2.86. The molecule has 0 unspecified atom stereocenters. The maximum Gasteiger partial charge on any atom is 0.243 e. The van der Waals surface area contributed by atoms with E-state index in [1.54, 1.807) is 12.1 Å². The summed E-state index contributed by atoms with van der Waals surface area (Å²) in [7, 11) is -2.53. The fourth-order valence-corrected chi connectivity index (χ4v) is 4.70. The third-order valence-corrected chi connectivity index (χ3v) is 6.75. The van der Waals surface area contributed by atoms with Crippen molar-refractivity contribution in [2.45, 2.75) is 17.9 Å². The van der Waals surface area contributed by atoms with Crippen LogP contribution in [0, 0.1) is 0 Å². The molecule has 0 atom stereocenters. The number of ether oxygens (including phenoxy) is 1. The normalized spacial score (nSPS) is 11.5. The number of nitrogens with zero attached hydrogens (tertiary/aromatic N) is 1. The standard InChI is InChI=1S/C22H23ClN2O5S/c1-29-21-10-9-19(14-20(21)23)31(27,28)25(12-11-17-6-3-2-4-7-17)16-22(26)24-15-18-8-5-13-30-18/h2-10,13-14H,11-12,15-16H2,1H3,(H,24,26). The molecule has 0 aliphatic rings. The number of benzene rings is 2. The number of sulfonamides is 1. The second kappa shape index (κ2) is 10.5. The average Bonchev–Trinajstić information content (AvgIpc) is 3.29. The Morgan fingerprint density at radius 1 is 1.13 bits per heavy atom. The number of amides is 1. The van der Waals surface area contributed by atoms with Crippen molar-refractivity contribution in [3.8, 4) is 5.75 Å². The van der Waals surface area contributed by atoms with Crippen LogP contribution >= 0.6 is 11.6 Å². The second-order valence-electron chi connectivity index (χ2n) is 6.73. The van der Waals surface area contributed by atoms with Gasteiger partial charge in [0.2, 0.25) is 15.9 Å². The molecule has 0 spiro atoms. The second-order valence-corrected chi connectivity index (χ2v) is 9.07. The Bertz CT molecular complexity index is 1100. The van der Waals surface area contributed by atoms with E-state index in [2.05, 4.69) is 5.32 Å². The van der Waals surface area contributed by atoms with Crippen LogP contribution in [0.25, 0.3) is 0 Å². The van der Waals surface area contributed by atoms with E-state index in [-0.39, 0.29) is 29.6 Å². The topological polar surface area (TPSA) is 88.9 Å². The van der Waals surface area contributed by atoms with Crippen molar-refractivity contribution >= 4 is 27.5 Å². The fraction of sp³-hybridized carbons (Fsp3) is 0.227. The van der Waals surface area contributed by atoms with Crippen molar-refractivity contribution < 1.29 is 22.4 Å². The molecule has 0 bridgehead atoms. The minimum absolute atomic E-state index is 0.00908. The average molecular weight is 463 g/mol. The van der Waals surface area contributed by atoms with Gasteiger partial charge in [0.05, 0.1) is 36.4 Å². The Hall–Kier alpha value is -2.81. The molecule has 0 aliphatic heterocycles. The zero-order chi connectivity index (χ0) is 22.3. The molecule has 1 amide bonds. The fourth-order valence-electron chi connectivity index (χ4n) is 2.95. The Morgan fingerprint density at radius 3 is 2.55 bits per heavy atom. The molecule has 31 heavy (non-hydrogen) atoms. The molecule has 3 rings (SSSR count). The number of nitrogens with one attached hydrogen (secondary N) is 1. The highest BCUT2D eigenvalue weighted by atomic mass is 35.5. The minimum atomic E-state index is -3.98. The highest BCUT2D eigenvalue weighted by molar-refractivity contribution is 7.89. The van der Waals surface area contributed by atoms with Crippen molar-refractivity contribution in [1.82, 2.24) is 9.62 Å². The van der Waals surface area contributed by atoms with Gasteiger partial charge >= 0.3 is 0 Å². The number of hydrogen-bond donors (Lipinski definition) is 1. The van der Waals surface area contributed by atoms with Gasteiger partial charge in [-0.05, 0) is 42.3 Å². The monoisotopic (exact) mass is 462 g/mol. The molecule has 0 radical (unpaired) electrons. The Kier molecular flexibility index (Phi) is 7.73. The Morgan fingerprint density at radius 2 is 1.90 bits per heavy atom. The summed E-state index contributed by atoms with van der Waals surface area (Å²) in [4.78, 5) is 12.5. The lowest BCUT2D eigenvalue weighted by Crippen LogP contribution is -2.41. The molecule has 0 saturated carbocycles. The van der Waals surface area contributed by atoms with Gasteiger partial charge in [-0.25, -0.2) is 8.42 Å². The lowest BCUT2D eigenvalue weighted by atomic mass is 10.1. The van der Waals surface area contributed by atoms with Crippen LogP contribution in [0.2, 0.25) is 5.02 Å². The van der Waals surface area contributed by atoms with Crippen LogP contribution in [0.1, 0.15) is 11.3 Å². The van der Waals surface area contributed by atoms with E-state index in [4.69, 9.17) is 20.8 Å². The van der Waals surface area contributed by atoms with Crippen molar-refractivity contribution in [2.24, 2.45) is 0 Å². The summed E-state index contributed by atoms with van der Waals surface area (Å²) in [5.74, 6) is 0.509. The number of carbonyl (C=O) groups is 1. The Balaban J connectivity index is 1.79. The third kappa shape index (κ3) is 6.10. The SMILES string of the molecule is COc1ccc(S(=O)(=O)N(CCc2ccccc2)CC(=O)NCc2ccco2)cc1Cl. The molecule has 164 valence electrons. The molecule has 1 N–H and O–H groups in total. The van der Waals surface area contributed by atoms with E-state index < -0.39 is 15.9 Å². The van der Waals surface area contributed by atoms with Gasteiger partial charge in [-0.1, -0.05) is 41.9 Å². The van der Waals surface area contributed by atoms with Gasteiger partial charge in [0, 0.05) is 6.54 Å².